The quantitative estimate of drug-likeness (QED) is 0.781. The highest BCUT2D eigenvalue weighted by Crippen LogP contribution is 2.31. The number of aromatic nitrogens is 2. The van der Waals surface area contributed by atoms with Crippen molar-refractivity contribution in [1.29, 1.82) is 0 Å². The molecule has 1 aliphatic carbocycles. The molecule has 2 heterocycles. The lowest BCUT2D eigenvalue weighted by atomic mass is 9.85. The highest BCUT2D eigenvalue weighted by Gasteiger charge is 2.21. The summed E-state index contributed by atoms with van der Waals surface area (Å²) in [5.41, 5.74) is 1.76. The Morgan fingerprint density at radius 2 is 2.12 bits per heavy atom. The molecule has 0 radical (unpaired) electrons. The second-order valence-electron chi connectivity index (χ2n) is 6.32. The number of benzene rings is 1. The van der Waals surface area contributed by atoms with E-state index in [2.05, 4.69) is 14.9 Å². The molecule has 1 aromatic carbocycles. The molecular formula is C19H18FN3O. The van der Waals surface area contributed by atoms with Crippen LogP contribution in [0.15, 0.2) is 48.9 Å². The molecule has 0 bridgehead atoms. The third-order valence-electron chi connectivity index (χ3n) is 4.73. The summed E-state index contributed by atoms with van der Waals surface area (Å²) in [6.07, 6.45) is 8.22. The Kier molecular flexibility index (Phi) is 3.76. The molecule has 1 amide bonds. The van der Waals surface area contributed by atoms with Crippen LogP contribution < -0.4 is 5.32 Å². The largest absolute Gasteiger partial charge is 0.346 e. The van der Waals surface area contributed by atoms with Gasteiger partial charge in [0, 0.05) is 29.8 Å². The van der Waals surface area contributed by atoms with Crippen LogP contribution in [0.2, 0.25) is 0 Å². The minimum Gasteiger partial charge on any atom is -0.346 e. The van der Waals surface area contributed by atoms with E-state index < -0.39 is 5.82 Å². The smallest absolute Gasteiger partial charge is 0.257 e. The van der Waals surface area contributed by atoms with Gasteiger partial charge in [-0.25, -0.2) is 4.39 Å². The Labute approximate surface area is 139 Å². The van der Waals surface area contributed by atoms with Crippen LogP contribution in [0.1, 0.15) is 29.6 Å². The fourth-order valence-electron chi connectivity index (χ4n) is 3.20. The van der Waals surface area contributed by atoms with E-state index in [1.54, 1.807) is 0 Å². The van der Waals surface area contributed by atoms with Crippen molar-refractivity contribution in [3.63, 3.8) is 0 Å². The van der Waals surface area contributed by atoms with Crippen molar-refractivity contribution in [3.05, 3.63) is 60.3 Å². The summed E-state index contributed by atoms with van der Waals surface area (Å²) in [5.74, 6) is -0.151. The van der Waals surface area contributed by atoms with Crippen molar-refractivity contribution < 1.29 is 9.18 Å². The maximum Gasteiger partial charge on any atom is 0.257 e. The molecule has 0 atom stereocenters. The zero-order valence-electron chi connectivity index (χ0n) is 13.2. The van der Waals surface area contributed by atoms with Crippen molar-refractivity contribution >= 4 is 22.5 Å². The van der Waals surface area contributed by atoms with Gasteiger partial charge in [0.25, 0.3) is 5.91 Å². The molecule has 24 heavy (non-hydrogen) atoms. The van der Waals surface area contributed by atoms with Crippen LogP contribution in [0.25, 0.3) is 10.9 Å². The van der Waals surface area contributed by atoms with E-state index in [1.807, 2.05) is 30.5 Å². The molecular weight excluding hydrogens is 305 g/mol. The normalized spacial score (nSPS) is 14.5. The first kappa shape index (κ1) is 14.9. The van der Waals surface area contributed by atoms with Crippen LogP contribution in [-0.2, 0) is 6.54 Å². The summed E-state index contributed by atoms with van der Waals surface area (Å²) in [5, 5.41) is 3.54. The van der Waals surface area contributed by atoms with Gasteiger partial charge in [0.2, 0.25) is 0 Å². The molecule has 0 aliphatic heterocycles. The van der Waals surface area contributed by atoms with Crippen LogP contribution in [0.3, 0.4) is 0 Å². The molecule has 3 aromatic rings. The Morgan fingerprint density at radius 1 is 1.29 bits per heavy atom. The van der Waals surface area contributed by atoms with E-state index in [0.29, 0.717) is 11.5 Å². The number of amides is 1. The van der Waals surface area contributed by atoms with Crippen molar-refractivity contribution in [2.75, 3.05) is 5.32 Å². The molecule has 1 fully saturated rings. The average molecular weight is 323 g/mol. The Hall–Kier alpha value is -2.69. The molecule has 4 nitrogen and oxygen atoms in total. The molecule has 0 saturated heterocycles. The highest BCUT2D eigenvalue weighted by molar-refractivity contribution is 6.13. The van der Waals surface area contributed by atoms with Gasteiger partial charge < -0.3 is 9.88 Å². The van der Waals surface area contributed by atoms with Gasteiger partial charge in [-0.15, -0.1) is 0 Å². The zero-order valence-corrected chi connectivity index (χ0v) is 13.2. The first-order valence-electron chi connectivity index (χ1n) is 8.21. The number of anilines is 1. The van der Waals surface area contributed by atoms with E-state index >= 15 is 0 Å². The van der Waals surface area contributed by atoms with Crippen LogP contribution in [0, 0.1) is 11.7 Å². The Bertz CT molecular complexity index is 899. The summed E-state index contributed by atoms with van der Waals surface area (Å²) in [6.45, 7) is 0.928. The van der Waals surface area contributed by atoms with Crippen LogP contribution in [0.5, 0.6) is 0 Å². The van der Waals surface area contributed by atoms with Crippen molar-refractivity contribution in [2.45, 2.75) is 25.8 Å². The number of rotatable bonds is 4. The lowest BCUT2D eigenvalue weighted by Crippen LogP contribution is -2.17. The SMILES string of the molecule is O=C(Nc1ccncc1F)c1cn(CC2CCC2)c2ccccc12. The molecule has 1 aliphatic rings. The van der Waals surface area contributed by atoms with E-state index in [9.17, 15) is 9.18 Å². The zero-order chi connectivity index (χ0) is 16.5. The van der Waals surface area contributed by atoms with E-state index in [-0.39, 0.29) is 11.6 Å². The van der Waals surface area contributed by atoms with E-state index in [0.717, 1.165) is 23.6 Å². The number of para-hydroxylation sites is 1. The predicted molar refractivity (Wildman–Crippen MR) is 91.4 cm³/mol. The van der Waals surface area contributed by atoms with Gasteiger partial charge in [-0.2, -0.15) is 0 Å². The highest BCUT2D eigenvalue weighted by atomic mass is 19.1. The maximum atomic E-state index is 13.7. The number of fused-ring (bicyclic) bond motifs is 1. The van der Waals surface area contributed by atoms with E-state index in [4.69, 9.17) is 0 Å². The third kappa shape index (κ3) is 2.66. The van der Waals surface area contributed by atoms with Crippen LogP contribution in [-0.4, -0.2) is 15.5 Å². The first-order valence-corrected chi connectivity index (χ1v) is 8.21. The molecule has 1 saturated carbocycles. The monoisotopic (exact) mass is 323 g/mol. The average Bonchev–Trinajstić information content (AvgIpc) is 2.92. The molecule has 1 N–H and O–H groups in total. The summed E-state index contributed by atoms with van der Waals surface area (Å²) in [6, 6.07) is 9.31. The van der Waals surface area contributed by atoms with E-state index in [1.165, 1.54) is 31.5 Å². The van der Waals surface area contributed by atoms with Gasteiger partial charge in [0.1, 0.15) is 0 Å². The topological polar surface area (TPSA) is 46.9 Å². The lowest BCUT2D eigenvalue weighted by molar-refractivity contribution is 0.102. The van der Waals surface area contributed by atoms with Gasteiger partial charge in [0.15, 0.2) is 5.82 Å². The van der Waals surface area contributed by atoms with Crippen LogP contribution >= 0.6 is 0 Å². The molecule has 0 spiro atoms. The summed E-state index contributed by atoms with van der Waals surface area (Å²) >= 11 is 0. The van der Waals surface area contributed by atoms with Crippen molar-refractivity contribution in [1.82, 2.24) is 9.55 Å². The molecule has 5 heteroatoms. The van der Waals surface area contributed by atoms with Gasteiger partial charge in [0.05, 0.1) is 17.4 Å². The summed E-state index contributed by atoms with van der Waals surface area (Å²) in [4.78, 5) is 16.3. The fraction of sp³-hybridized carbons (Fsp3) is 0.263. The third-order valence-corrected chi connectivity index (χ3v) is 4.73. The Balaban J connectivity index is 1.68. The lowest BCUT2D eigenvalue weighted by Gasteiger charge is -2.26. The maximum absolute atomic E-state index is 13.7. The van der Waals surface area contributed by atoms with Crippen molar-refractivity contribution in [3.8, 4) is 0 Å². The number of nitrogens with zero attached hydrogens (tertiary/aromatic N) is 2. The number of hydrogen-bond donors (Lipinski definition) is 1. The summed E-state index contributed by atoms with van der Waals surface area (Å²) in [7, 11) is 0. The second-order valence-corrected chi connectivity index (χ2v) is 6.32. The first-order chi connectivity index (χ1) is 11.7. The van der Waals surface area contributed by atoms with Gasteiger partial charge in [-0.3, -0.25) is 9.78 Å². The number of hydrogen-bond acceptors (Lipinski definition) is 2. The molecule has 0 unspecified atom stereocenters. The van der Waals surface area contributed by atoms with Crippen molar-refractivity contribution in [2.24, 2.45) is 5.92 Å². The Morgan fingerprint density at radius 3 is 2.88 bits per heavy atom. The van der Waals surface area contributed by atoms with Gasteiger partial charge in [-0.05, 0) is 30.9 Å². The summed E-state index contributed by atoms with van der Waals surface area (Å²) < 4.78 is 15.9. The molecule has 122 valence electrons. The minimum absolute atomic E-state index is 0.144. The number of carbonyl (C=O) groups excluding carboxylic acids is 1. The van der Waals surface area contributed by atoms with Gasteiger partial charge in [-0.1, -0.05) is 24.6 Å². The molecule has 4 rings (SSSR count). The van der Waals surface area contributed by atoms with Crippen LogP contribution in [0.4, 0.5) is 10.1 Å². The standard InChI is InChI=1S/C19H18FN3O/c20-16-10-21-9-8-17(16)22-19(24)15-12-23(11-13-4-3-5-13)18-7-2-1-6-14(15)18/h1-2,6-10,12-13H,3-5,11H2,(H,21,22,24). The number of halogens is 1. The minimum atomic E-state index is -0.538. The number of nitrogens with one attached hydrogen (secondary N) is 1. The number of pyridine rings is 1. The van der Waals surface area contributed by atoms with Gasteiger partial charge >= 0.3 is 0 Å². The fourth-order valence-corrected chi connectivity index (χ4v) is 3.20. The molecule has 2 aromatic heterocycles. The second kappa shape index (κ2) is 6.07. The number of carbonyl (C=O) groups is 1. The predicted octanol–water partition coefficient (Wildman–Crippen LogP) is 4.23.